The molecule has 35 heavy (non-hydrogen) atoms. The van der Waals surface area contributed by atoms with E-state index in [4.69, 9.17) is 4.74 Å². The van der Waals surface area contributed by atoms with Crippen molar-refractivity contribution >= 4 is 0 Å². The monoisotopic (exact) mass is 484 g/mol. The molecule has 0 saturated carbocycles. The topological polar surface area (TPSA) is 33.7 Å². The number of rotatable bonds is 9. The van der Waals surface area contributed by atoms with Gasteiger partial charge in [0, 0.05) is 38.1 Å². The number of nitrogens with zero attached hydrogens (tertiary/aromatic N) is 1. The molecule has 0 amide bonds. The van der Waals surface area contributed by atoms with Gasteiger partial charge in [-0.1, -0.05) is 54.6 Å². The first-order chi connectivity index (χ1) is 16.9. The summed E-state index contributed by atoms with van der Waals surface area (Å²) in [5.74, 6) is 0.928. The maximum atomic E-state index is 12.4. The molecule has 7 heteroatoms. The Labute approximate surface area is 204 Å². The van der Waals surface area contributed by atoms with Crippen molar-refractivity contribution in [2.24, 2.45) is 0 Å². The quantitative estimate of drug-likeness (QED) is 0.396. The van der Waals surface area contributed by atoms with E-state index in [1.807, 2.05) is 25.1 Å². The van der Waals surface area contributed by atoms with E-state index in [1.54, 1.807) is 12.1 Å². The second kappa shape index (κ2) is 11.6. The minimum atomic E-state index is -4.68. The second-order valence-corrected chi connectivity index (χ2v) is 8.80. The van der Waals surface area contributed by atoms with Crippen LogP contribution in [-0.4, -0.2) is 37.0 Å². The molecule has 1 aliphatic heterocycles. The molecular formula is C28H31F3N2O2. The van der Waals surface area contributed by atoms with Crippen LogP contribution in [0.25, 0.3) is 0 Å². The highest BCUT2D eigenvalue weighted by Gasteiger charge is 2.31. The lowest BCUT2D eigenvalue weighted by molar-refractivity contribution is -0.274. The number of benzene rings is 3. The van der Waals surface area contributed by atoms with Crippen LogP contribution in [0, 0.1) is 0 Å². The molecule has 3 aromatic carbocycles. The van der Waals surface area contributed by atoms with E-state index in [0.717, 1.165) is 37.4 Å². The Bertz CT molecular complexity index is 1040. The molecular weight excluding hydrogens is 453 g/mol. The molecule has 0 aliphatic carbocycles. The van der Waals surface area contributed by atoms with Gasteiger partial charge in [-0.2, -0.15) is 0 Å². The number of hydrogen-bond acceptors (Lipinski definition) is 4. The van der Waals surface area contributed by atoms with Crippen LogP contribution in [0.1, 0.15) is 36.0 Å². The zero-order chi connectivity index (χ0) is 24.7. The largest absolute Gasteiger partial charge is 0.573 e. The Morgan fingerprint density at radius 1 is 0.886 bits per heavy atom. The average Bonchev–Trinajstić information content (AvgIpc) is 2.84. The Morgan fingerprint density at radius 2 is 1.57 bits per heavy atom. The number of piperidine rings is 1. The highest BCUT2D eigenvalue weighted by molar-refractivity contribution is 5.32. The Hall–Kier alpha value is -3.03. The molecule has 0 radical (unpaired) electrons. The molecule has 3 aromatic rings. The molecule has 1 fully saturated rings. The van der Waals surface area contributed by atoms with E-state index in [0.29, 0.717) is 13.2 Å². The minimum Gasteiger partial charge on any atom is -0.494 e. The Balaban J connectivity index is 1.44. The third-order valence-electron chi connectivity index (χ3n) is 6.29. The third kappa shape index (κ3) is 7.47. The summed E-state index contributed by atoms with van der Waals surface area (Å²) in [6, 6.07) is 25.1. The van der Waals surface area contributed by atoms with Crippen molar-refractivity contribution < 1.29 is 22.6 Å². The van der Waals surface area contributed by atoms with Crippen molar-refractivity contribution in [2.45, 2.75) is 44.8 Å². The first-order valence-electron chi connectivity index (χ1n) is 12.0. The van der Waals surface area contributed by atoms with E-state index >= 15 is 0 Å². The van der Waals surface area contributed by atoms with Crippen LogP contribution < -0.4 is 14.8 Å². The molecule has 0 aromatic heterocycles. The summed E-state index contributed by atoms with van der Waals surface area (Å²) in [7, 11) is 0. The molecule has 0 bridgehead atoms. The van der Waals surface area contributed by atoms with Crippen LogP contribution in [0.4, 0.5) is 13.2 Å². The average molecular weight is 485 g/mol. The van der Waals surface area contributed by atoms with Gasteiger partial charge in [0.05, 0.1) is 6.61 Å². The Kier molecular flexibility index (Phi) is 8.31. The van der Waals surface area contributed by atoms with E-state index in [9.17, 15) is 13.2 Å². The van der Waals surface area contributed by atoms with Gasteiger partial charge in [-0.05, 0) is 54.3 Å². The molecule has 186 valence electrons. The molecule has 1 N–H and O–H groups in total. The minimum absolute atomic E-state index is 0.206. The second-order valence-electron chi connectivity index (χ2n) is 8.80. The van der Waals surface area contributed by atoms with Crippen molar-refractivity contribution in [1.29, 1.82) is 0 Å². The smallest absolute Gasteiger partial charge is 0.494 e. The number of alkyl halides is 3. The van der Waals surface area contributed by atoms with Gasteiger partial charge in [0.15, 0.2) is 0 Å². The van der Waals surface area contributed by atoms with Gasteiger partial charge >= 0.3 is 6.36 Å². The summed E-state index contributed by atoms with van der Waals surface area (Å²) in [6.07, 6.45) is -3.71. The molecule has 0 spiro atoms. The molecule has 0 unspecified atom stereocenters. The summed E-state index contributed by atoms with van der Waals surface area (Å²) >= 11 is 0. The zero-order valence-electron chi connectivity index (χ0n) is 19.8. The fourth-order valence-corrected chi connectivity index (χ4v) is 4.62. The molecule has 4 nitrogen and oxygen atoms in total. The summed E-state index contributed by atoms with van der Waals surface area (Å²) in [6.45, 7) is 5.96. The van der Waals surface area contributed by atoms with Crippen molar-refractivity contribution in [3.63, 3.8) is 0 Å². The van der Waals surface area contributed by atoms with Crippen LogP contribution in [0.15, 0.2) is 78.9 Å². The molecule has 4 rings (SSSR count). The molecule has 2 atom stereocenters. The van der Waals surface area contributed by atoms with Crippen LogP contribution in [-0.2, 0) is 13.1 Å². The van der Waals surface area contributed by atoms with Crippen LogP contribution in [0.5, 0.6) is 11.5 Å². The summed E-state index contributed by atoms with van der Waals surface area (Å²) < 4.78 is 46.9. The number of halogens is 3. The molecule has 1 saturated heterocycles. The summed E-state index contributed by atoms with van der Waals surface area (Å²) in [5, 5.41) is 3.66. The van der Waals surface area contributed by atoms with E-state index in [2.05, 4.69) is 51.4 Å². The number of ether oxygens (including phenoxy) is 2. The third-order valence-corrected chi connectivity index (χ3v) is 6.29. The fourth-order valence-electron chi connectivity index (χ4n) is 4.62. The van der Waals surface area contributed by atoms with Gasteiger partial charge in [0.1, 0.15) is 11.5 Å². The van der Waals surface area contributed by atoms with Gasteiger partial charge in [-0.15, -0.1) is 13.2 Å². The van der Waals surface area contributed by atoms with E-state index < -0.39 is 6.36 Å². The lowest BCUT2D eigenvalue weighted by Gasteiger charge is -2.39. The number of hydrogen-bond donors (Lipinski definition) is 1. The van der Waals surface area contributed by atoms with Gasteiger partial charge < -0.3 is 14.8 Å². The maximum absolute atomic E-state index is 12.4. The van der Waals surface area contributed by atoms with Crippen LogP contribution in [0.2, 0.25) is 0 Å². The summed E-state index contributed by atoms with van der Waals surface area (Å²) in [5.41, 5.74) is 3.46. The lowest BCUT2D eigenvalue weighted by Crippen LogP contribution is -2.47. The first kappa shape index (κ1) is 25.1. The highest BCUT2D eigenvalue weighted by Crippen LogP contribution is 2.30. The normalized spacial score (nSPS) is 18.9. The van der Waals surface area contributed by atoms with E-state index in [1.165, 1.54) is 23.3 Å². The van der Waals surface area contributed by atoms with Crippen LogP contribution in [0.3, 0.4) is 0 Å². The zero-order valence-corrected chi connectivity index (χ0v) is 19.8. The standard InChI is InChI=1S/C28H31F3N2O2/c1-2-34-24-14-10-23(11-15-24)26-20-33(19-22-6-4-3-5-7-22)17-16-27(26)32-18-21-8-12-25(13-9-21)35-28(29,30)31/h3-15,26-27,32H,2,16-20H2,1H3/t26-,27-/m1/s1. The maximum Gasteiger partial charge on any atom is 0.573 e. The van der Waals surface area contributed by atoms with Crippen molar-refractivity contribution in [1.82, 2.24) is 10.2 Å². The predicted molar refractivity (Wildman–Crippen MR) is 130 cm³/mol. The van der Waals surface area contributed by atoms with Gasteiger partial charge in [0.25, 0.3) is 0 Å². The lowest BCUT2D eigenvalue weighted by atomic mass is 9.85. The van der Waals surface area contributed by atoms with Gasteiger partial charge in [-0.25, -0.2) is 0 Å². The summed E-state index contributed by atoms with van der Waals surface area (Å²) in [4.78, 5) is 2.48. The number of likely N-dealkylation sites (tertiary alicyclic amines) is 1. The SMILES string of the molecule is CCOc1ccc([C@H]2CN(Cc3ccccc3)CC[C@H]2NCc2ccc(OC(F)(F)F)cc2)cc1. The molecule has 1 aliphatic rings. The van der Waals surface area contributed by atoms with Crippen molar-refractivity contribution in [2.75, 3.05) is 19.7 Å². The molecule has 1 heterocycles. The van der Waals surface area contributed by atoms with E-state index in [-0.39, 0.29) is 17.7 Å². The van der Waals surface area contributed by atoms with Crippen molar-refractivity contribution in [3.8, 4) is 11.5 Å². The van der Waals surface area contributed by atoms with Crippen LogP contribution >= 0.6 is 0 Å². The fraction of sp³-hybridized carbons (Fsp3) is 0.357. The van der Waals surface area contributed by atoms with Crippen molar-refractivity contribution in [3.05, 3.63) is 95.6 Å². The Morgan fingerprint density at radius 3 is 2.23 bits per heavy atom. The predicted octanol–water partition coefficient (Wildman–Crippen LogP) is 6.13. The first-order valence-corrected chi connectivity index (χ1v) is 12.0. The highest BCUT2D eigenvalue weighted by atomic mass is 19.4. The van der Waals surface area contributed by atoms with Gasteiger partial charge in [0.2, 0.25) is 0 Å². The number of nitrogens with one attached hydrogen (secondary N) is 1. The van der Waals surface area contributed by atoms with Gasteiger partial charge in [-0.3, -0.25) is 4.90 Å².